The van der Waals surface area contributed by atoms with Crippen molar-refractivity contribution < 1.29 is 17.6 Å². The third kappa shape index (κ3) is 10.8. The van der Waals surface area contributed by atoms with Gasteiger partial charge in [0.05, 0.1) is 0 Å². The van der Waals surface area contributed by atoms with Crippen LogP contribution in [0.1, 0.15) is 53.9 Å². The zero-order valence-electron chi connectivity index (χ0n) is 23.1. The van der Waals surface area contributed by atoms with Crippen molar-refractivity contribution in [3.8, 4) is 0 Å². The Bertz CT molecular complexity index is 1070. The van der Waals surface area contributed by atoms with E-state index in [0.29, 0.717) is 29.7 Å². The summed E-state index contributed by atoms with van der Waals surface area (Å²) in [6.07, 6.45) is 9.19. The van der Waals surface area contributed by atoms with Gasteiger partial charge in [0, 0.05) is 16.7 Å². The quantitative estimate of drug-likeness (QED) is 0.109. The minimum absolute atomic E-state index is 0.0250. The second kappa shape index (κ2) is 15.9. The lowest BCUT2D eigenvalue weighted by Gasteiger charge is -2.20. The Hall–Kier alpha value is -3.14. The molecular formula is C33H42F4. The van der Waals surface area contributed by atoms with Crippen molar-refractivity contribution >= 4 is 0 Å². The van der Waals surface area contributed by atoms with Gasteiger partial charge in [-0.2, -0.15) is 0 Å². The van der Waals surface area contributed by atoms with E-state index in [4.69, 9.17) is 0 Å². The second-order valence-corrected chi connectivity index (χ2v) is 9.72. The molecule has 3 unspecified atom stereocenters. The second-order valence-electron chi connectivity index (χ2n) is 9.72. The first-order chi connectivity index (χ1) is 17.1. The molecule has 0 N–H and O–H groups in total. The first-order valence-corrected chi connectivity index (χ1v) is 12.3. The van der Waals surface area contributed by atoms with Gasteiger partial charge in [-0.05, 0) is 73.2 Å². The summed E-state index contributed by atoms with van der Waals surface area (Å²) >= 11 is 0. The average Bonchev–Trinajstić information content (AvgIpc) is 2.88. The SMILES string of the molecule is C=CC(C)CCC(C)C(C)C/C=C(\C)C(=C)/C(F)=C(/F)C(=C)C(=C)/C=C\C(=C)C(=C)/C(F)=C(/F)C(=C)C. The number of rotatable bonds is 16. The topological polar surface area (TPSA) is 0 Å². The Morgan fingerprint density at radius 1 is 0.649 bits per heavy atom. The maximum atomic E-state index is 14.9. The molecule has 0 rings (SSSR count). The first kappa shape index (κ1) is 33.9. The van der Waals surface area contributed by atoms with Crippen molar-refractivity contribution in [2.75, 3.05) is 0 Å². The van der Waals surface area contributed by atoms with E-state index in [9.17, 15) is 17.6 Å². The van der Waals surface area contributed by atoms with Gasteiger partial charge in [-0.25, -0.2) is 17.6 Å². The van der Waals surface area contributed by atoms with Crippen LogP contribution in [0.3, 0.4) is 0 Å². The summed E-state index contributed by atoms with van der Waals surface area (Å²) in [6, 6.07) is 0. The molecule has 3 atom stereocenters. The van der Waals surface area contributed by atoms with Crippen molar-refractivity contribution in [1.82, 2.24) is 0 Å². The van der Waals surface area contributed by atoms with E-state index in [1.807, 2.05) is 12.2 Å². The molecule has 0 heterocycles. The summed E-state index contributed by atoms with van der Waals surface area (Å²) in [4.78, 5) is 0. The highest BCUT2D eigenvalue weighted by molar-refractivity contribution is 5.55. The Morgan fingerprint density at radius 2 is 1.08 bits per heavy atom. The summed E-state index contributed by atoms with van der Waals surface area (Å²) in [5.41, 5.74) is -0.186. The van der Waals surface area contributed by atoms with Gasteiger partial charge in [-0.15, -0.1) is 6.58 Å². The fourth-order valence-electron chi connectivity index (χ4n) is 3.09. The zero-order valence-corrected chi connectivity index (χ0v) is 23.1. The van der Waals surface area contributed by atoms with Crippen LogP contribution in [-0.4, -0.2) is 0 Å². The van der Waals surface area contributed by atoms with Crippen molar-refractivity contribution in [3.05, 3.63) is 133 Å². The molecule has 0 amide bonds. The van der Waals surface area contributed by atoms with Crippen LogP contribution in [0.25, 0.3) is 0 Å². The van der Waals surface area contributed by atoms with Gasteiger partial charge in [-0.1, -0.05) is 84.5 Å². The normalized spacial score (nSPS) is 15.8. The zero-order chi connectivity index (χ0) is 29.0. The molecular weight excluding hydrogens is 472 g/mol. The Morgan fingerprint density at radius 3 is 1.51 bits per heavy atom. The minimum atomic E-state index is -1.20. The highest BCUT2D eigenvalue weighted by Gasteiger charge is 2.17. The van der Waals surface area contributed by atoms with Gasteiger partial charge in [0.1, 0.15) is 0 Å². The fourth-order valence-corrected chi connectivity index (χ4v) is 3.09. The molecule has 0 saturated carbocycles. The minimum Gasteiger partial charge on any atom is -0.203 e. The molecule has 0 fully saturated rings. The predicted molar refractivity (Wildman–Crippen MR) is 153 cm³/mol. The van der Waals surface area contributed by atoms with Crippen LogP contribution in [0.2, 0.25) is 0 Å². The predicted octanol–water partition coefficient (Wildman–Crippen LogP) is 11.4. The Kier molecular flexibility index (Phi) is 14.5. The van der Waals surface area contributed by atoms with Crippen LogP contribution in [0.4, 0.5) is 17.6 Å². The van der Waals surface area contributed by atoms with Gasteiger partial charge in [0.2, 0.25) is 0 Å². The molecule has 0 bridgehead atoms. The standard InChI is InChI=1S/C33H42F4/c1-13-21(4)14-15-22(5)23(6)16-17-24(7)28(11)32(36)33(37)29(12)26(9)19-18-25(8)27(10)31(35)30(34)20(2)3/h13,17-19,21-23H,1-2,8-12,14-16H2,3-7H3/b19-18-,24-17+,31-30-,33-32-. The Balaban J connectivity index is 5.37. The largest absolute Gasteiger partial charge is 0.203 e. The molecule has 0 aromatic heterocycles. The van der Waals surface area contributed by atoms with Gasteiger partial charge >= 0.3 is 0 Å². The van der Waals surface area contributed by atoms with E-state index in [2.05, 4.69) is 66.8 Å². The summed E-state index contributed by atoms with van der Waals surface area (Å²) < 4.78 is 57.5. The van der Waals surface area contributed by atoms with Crippen molar-refractivity contribution in [1.29, 1.82) is 0 Å². The summed E-state index contributed by atoms with van der Waals surface area (Å²) in [6.45, 7) is 34.6. The average molecular weight is 515 g/mol. The van der Waals surface area contributed by atoms with Crippen LogP contribution in [0.15, 0.2) is 133 Å². The molecule has 0 saturated heterocycles. The molecule has 4 heteroatoms. The van der Waals surface area contributed by atoms with E-state index >= 15 is 0 Å². The summed E-state index contributed by atoms with van der Waals surface area (Å²) in [7, 11) is 0. The highest BCUT2D eigenvalue weighted by atomic mass is 19.2. The molecule has 0 aliphatic heterocycles. The molecule has 0 aliphatic rings. The molecule has 0 nitrogen and oxygen atoms in total. The van der Waals surface area contributed by atoms with Crippen LogP contribution in [0.5, 0.6) is 0 Å². The molecule has 0 aliphatic carbocycles. The van der Waals surface area contributed by atoms with Gasteiger partial charge in [0.15, 0.2) is 23.3 Å². The van der Waals surface area contributed by atoms with Crippen LogP contribution in [-0.2, 0) is 0 Å². The highest BCUT2D eigenvalue weighted by Crippen LogP contribution is 2.31. The van der Waals surface area contributed by atoms with Crippen molar-refractivity contribution in [2.24, 2.45) is 17.8 Å². The maximum Gasteiger partial charge on any atom is 0.166 e. The lowest BCUT2D eigenvalue weighted by Crippen LogP contribution is -2.08. The van der Waals surface area contributed by atoms with Crippen LogP contribution < -0.4 is 0 Å². The summed E-state index contributed by atoms with van der Waals surface area (Å²) in [5, 5.41) is 0. The van der Waals surface area contributed by atoms with Crippen molar-refractivity contribution in [2.45, 2.75) is 53.9 Å². The van der Waals surface area contributed by atoms with Crippen molar-refractivity contribution in [3.63, 3.8) is 0 Å². The fraction of sp³-hybridized carbons (Fsp3) is 0.333. The maximum absolute atomic E-state index is 14.9. The molecule has 202 valence electrons. The smallest absolute Gasteiger partial charge is 0.166 e. The van der Waals surface area contributed by atoms with Crippen LogP contribution in [0, 0.1) is 17.8 Å². The molecule has 0 radical (unpaired) electrons. The van der Waals surface area contributed by atoms with Crippen LogP contribution >= 0.6 is 0 Å². The lowest BCUT2D eigenvalue weighted by molar-refractivity contribution is 0.345. The number of hydrogen-bond acceptors (Lipinski definition) is 0. The molecule has 0 aromatic carbocycles. The van der Waals surface area contributed by atoms with E-state index in [-0.39, 0.29) is 33.4 Å². The monoisotopic (exact) mass is 514 g/mol. The molecule has 0 spiro atoms. The van der Waals surface area contributed by atoms with E-state index in [1.165, 1.54) is 19.1 Å². The molecule has 0 aromatic rings. The van der Waals surface area contributed by atoms with Gasteiger partial charge in [0.25, 0.3) is 0 Å². The lowest BCUT2D eigenvalue weighted by atomic mass is 9.86. The van der Waals surface area contributed by atoms with Gasteiger partial charge in [-0.3, -0.25) is 0 Å². The molecule has 37 heavy (non-hydrogen) atoms. The van der Waals surface area contributed by atoms with E-state index < -0.39 is 23.3 Å². The summed E-state index contributed by atoms with van der Waals surface area (Å²) in [5.74, 6) is -3.36. The number of halogens is 4. The Labute approximate surface area is 221 Å². The number of allylic oxidation sites excluding steroid dienone is 15. The first-order valence-electron chi connectivity index (χ1n) is 12.3. The number of hydrogen-bond donors (Lipinski definition) is 0. The van der Waals surface area contributed by atoms with E-state index in [0.717, 1.165) is 12.8 Å². The van der Waals surface area contributed by atoms with Gasteiger partial charge < -0.3 is 0 Å². The van der Waals surface area contributed by atoms with E-state index in [1.54, 1.807) is 6.92 Å². The third-order valence-electron chi connectivity index (χ3n) is 6.54. The third-order valence-corrected chi connectivity index (χ3v) is 6.54.